The number of sulfonamides is 1. The number of nitrogens with one attached hydrogen (secondary N) is 3. The van der Waals surface area contributed by atoms with Gasteiger partial charge < -0.3 is 10.6 Å². The lowest BCUT2D eigenvalue weighted by Crippen LogP contribution is -2.34. The quantitative estimate of drug-likeness (QED) is 0.520. The Bertz CT molecular complexity index is 1150. The molecule has 3 N–H and O–H groups in total. The highest BCUT2D eigenvalue weighted by Crippen LogP contribution is 2.24. The van der Waals surface area contributed by atoms with Crippen LogP contribution in [0, 0.1) is 0 Å². The highest BCUT2D eigenvalue weighted by Gasteiger charge is 2.17. The van der Waals surface area contributed by atoms with Gasteiger partial charge in [-0.2, -0.15) is 0 Å². The third kappa shape index (κ3) is 8.12. The largest absolute Gasteiger partial charge is 0.359 e. The molecule has 0 fully saturated rings. The van der Waals surface area contributed by atoms with Gasteiger partial charge in [0, 0.05) is 19.3 Å². The molecule has 0 atom stereocenters. The van der Waals surface area contributed by atoms with Gasteiger partial charge in [-0.25, -0.2) is 16.8 Å². The molecule has 0 unspecified atom stereocenters. The van der Waals surface area contributed by atoms with Gasteiger partial charge in [0.15, 0.2) is 14.9 Å². The van der Waals surface area contributed by atoms with Gasteiger partial charge in [0.2, 0.25) is 10.0 Å². The van der Waals surface area contributed by atoms with Crippen LogP contribution >= 0.6 is 12.2 Å². The number of benzene rings is 2. The second-order valence-corrected chi connectivity index (χ2v) is 12.6. The first-order valence-corrected chi connectivity index (χ1v) is 13.8. The van der Waals surface area contributed by atoms with E-state index >= 15 is 0 Å². The maximum Gasteiger partial charge on any atom is 0.229 e. The molecule has 2 aromatic carbocycles. The Morgan fingerprint density at radius 2 is 1.39 bits per heavy atom. The molecule has 0 bridgehead atoms. The molecular formula is C21H29N3O4S3. The average Bonchev–Trinajstić information content (AvgIpc) is 2.63. The van der Waals surface area contributed by atoms with Gasteiger partial charge in [-0.05, 0) is 46.5 Å². The normalized spacial score (nSPS) is 12.3. The summed E-state index contributed by atoms with van der Waals surface area (Å²) in [6.45, 7) is 7.34. The van der Waals surface area contributed by atoms with Gasteiger partial charge in [-0.3, -0.25) is 4.72 Å². The molecule has 0 aromatic heterocycles. The van der Waals surface area contributed by atoms with E-state index in [2.05, 4.69) is 60.4 Å². The van der Waals surface area contributed by atoms with Crippen LogP contribution in [0.25, 0.3) is 0 Å². The van der Waals surface area contributed by atoms with E-state index in [0.29, 0.717) is 17.2 Å². The van der Waals surface area contributed by atoms with Crippen molar-refractivity contribution >= 4 is 42.9 Å². The van der Waals surface area contributed by atoms with Gasteiger partial charge in [0.05, 0.1) is 16.8 Å². The van der Waals surface area contributed by atoms with Crippen molar-refractivity contribution in [3.63, 3.8) is 0 Å². The number of sulfone groups is 1. The highest BCUT2D eigenvalue weighted by atomic mass is 32.2. The SMILES string of the molecule is CC(C)(C)c1ccc(CNC(=S)NCc2ccc(NS(C)(=O)=O)c(S(C)(=O)=O)c2)cc1. The van der Waals surface area contributed by atoms with Crippen LogP contribution in [0.4, 0.5) is 5.69 Å². The summed E-state index contributed by atoms with van der Waals surface area (Å²) in [7, 11) is -7.23. The van der Waals surface area contributed by atoms with Crippen LogP contribution in [0.2, 0.25) is 0 Å². The van der Waals surface area contributed by atoms with Gasteiger partial charge in [-0.1, -0.05) is 51.1 Å². The number of hydrogen-bond donors (Lipinski definition) is 3. The van der Waals surface area contributed by atoms with E-state index in [4.69, 9.17) is 12.2 Å². The molecular weight excluding hydrogens is 454 g/mol. The van der Waals surface area contributed by atoms with Gasteiger partial charge in [0.1, 0.15) is 0 Å². The van der Waals surface area contributed by atoms with Gasteiger partial charge in [-0.15, -0.1) is 0 Å². The highest BCUT2D eigenvalue weighted by molar-refractivity contribution is 7.92. The Balaban J connectivity index is 2.00. The van der Waals surface area contributed by atoms with E-state index in [1.807, 2.05) is 0 Å². The Morgan fingerprint density at radius 1 is 0.871 bits per heavy atom. The summed E-state index contributed by atoms with van der Waals surface area (Å²) in [5.74, 6) is 0. The third-order valence-electron chi connectivity index (χ3n) is 4.47. The zero-order valence-electron chi connectivity index (χ0n) is 18.3. The summed E-state index contributed by atoms with van der Waals surface area (Å²) < 4.78 is 49.4. The lowest BCUT2D eigenvalue weighted by molar-refractivity contribution is 0.590. The molecule has 0 spiro atoms. The zero-order chi connectivity index (χ0) is 23.4. The number of rotatable bonds is 7. The summed E-state index contributed by atoms with van der Waals surface area (Å²) >= 11 is 5.31. The first-order chi connectivity index (χ1) is 14.1. The molecule has 0 radical (unpaired) electrons. The Labute approximate surface area is 190 Å². The minimum atomic E-state index is -3.63. The van der Waals surface area contributed by atoms with Crippen molar-refractivity contribution in [2.45, 2.75) is 44.2 Å². The molecule has 0 aliphatic heterocycles. The van der Waals surface area contributed by atoms with Crippen molar-refractivity contribution in [1.82, 2.24) is 10.6 Å². The molecule has 31 heavy (non-hydrogen) atoms. The van der Waals surface area contributed by atoms with E-state index in [0.717, 1.165) is 18.1 Å². The summed E-state index contributed by atoms with van der Waals surface area (Å²) in [4.78, 5) is -0.0879. The second-order valence-electron chi connectivity index (χ2n) is 8.46. The van der Waals surface area contributed by atoms with Gasteiger partial charge in [0.25, 0.3) is 0 Å². The number of thiocarbonyl (C=S) groups is 1. The van der Waals surface area contributed by atoms with E-state index in [1.54, 1.807) is 6.07 Å². The summed E-state index contributed by atoms with van der Waals surface area (Å²) in [6, 6.07) is 12.8. The third-order valence-corrected chi connectivity index (χ3v) is 6.48. The fourth-order valence-electron chi connectivity index (χ4n) is 2.82. The first kappa shape index (κ1) is 25.1. The summed E-state index contributed by atoms with van der Waals surface area (Å²) in [6.07, 6.45) is 2.00. The first-order valence-electron chi connectivity index (χ1n) is 9.57. The van der Waals surface area contributed by atoms with Crippen LogP contribution < -0.4 is 15.4 Å². The van der Waals surface area contributed by atoms with Crippen LogP contribution in [0.15, 0.2) is 47.4 Å². The predicted octanol–water partition coefficient (Wildman–Crippen LogP) is 2.92. The summed E-state index contributed by atoms with van der Waals surface area (Å²) in [5.41, 5.74) is 3.12. The topological polar surface area (TPSA) is 104 Å². The molecule has 2 rings (SSSR count). The van der Waals surface area contributed by atoms with E-state index in [-0.39, 0.29) is 22.5 Å². The molecule has 170 valence electrons. The number of hydrogen-bond acceptors (Lipinski definition) is 5. The smallest absolute Gasteiger partial charge is 0.229 e. The lowest BCUT2D eigenvalue weighted by atomic mass is 9.87. The Morgan fingerprint density at radius 3 is 1.87 bits per heavy atom. The molecule has 2 aromatic rings. The predicted molar refractivity (Wildman–Crippen MR) is 129 cm³/mol. The monoisotopic (exact) mass is 483 g/mol. The Hall–Kier alpha value is -2.17. The van der Waals surface area contributed by atoms with E-state index in [9.17, 15) is 16.8 Å². The molecule has 10 heteroatoms. The molecule has 0 aliphatic carbocycles. The molecule has 0 saturated heterocycles. The maximum atomic E-state index is 12.1. The zero-order valence-corrected chi connectivity index (χ0v) is 20.8. The van der Waals surface area contributed by atoms with Crippen molar-refractivity contribution in [1.29, 1.82) is 0 Å². The van der Waals surface area contributed by atoms with Crippen molar-refractivity contribution in [3.05, 3.63) is 59.2 Å². The van der Waals surface area contributed by atoms with Crippen molar-refractivity contribution in [3.8, 4) is 0 Å². The minimum absolute atomic E-state index is 0.0214. The van der Waals surface area contributed by atoms with Crippen molar-refractivity contribution < 1.29 is 16.8 Å². The Kier molecular flexibility index (Phi) is 7.72. The fraction of sp³-hybridized carbons (Fsp3) is 0.381. The maximum absolute atomic E-state index is 12.1. The van der Waals surface area contributed by atoms with Crippen LogP contribution in [-0.2, 0) is 38.4 Å². The van der Waals surface area contributed by atoms with Crippen molar-refractivity contribution in [2.24, 2.45) is 0 Å². The van der Waals surface area contributed by atoms with Crippen LogP contribution in [0.3, 0.4) is 0 Å². The van der Waals surface area contributed by atoms with E-state index < -0.39 is 19.9 Å². The lowest BCUT2D eigenvalue weighted by Gasteiger charge is -2.19. The fourth-order valence-corrected chi connectivity index (χ4v) is 4.49. The van der Waals surface area contributed by atoms with Crippen LogP contribution in [-0.4, -0.2) is 34.5 Å². The molecule has 0 saturated carbocycles. The van der Waals surface area contributed by atoms with E-state index in [1.165, 1.54) is 17.7 Å². The molecule has 7 nitrogen and oxygen atoms in total. The summed E-state index contributed by atoms with van der Waals surface area (Å²) in [5, 5.41) is 6.59. The average molecular weight is 484 g/mol. The molecule has 0 heterocycles. The van der Waals surface area contributed by atoms with Crippen LogP contribution in [0.1, 0.15) is 37.5 Å². The molecule has 0 amide bonds. The van der Waals surface area contributed by atoms with Crippen molar-refractivity contribution in [2.75, 3.05) is 17.2 Å². The molecule has 0 aliphatic rings. The second kappa shape index (κ2) is 9.54. The van der Waals surface area contributed by atoms with Crippen LogP contribution in [0.5, 0.6) is 0 Å². The standard InChI is InChI=1S/C21H29N3O4S3/c1-21(2,3)17-9-6-15(7-10-17)13-22-20(29)23-14-16-8-11-18(24-31(5,27)28)19(12-16)30(4,25)26/h6-12,24H,13-14H2,1-5H3,(H2,22,23,29). The van der Waals surface area contributed by atoms with Gasteiger partial charge >= 0.3 is 0 Å². The number of anilines is 1. The minimum Gasteiger partial charge on any atom is -0.359 e.